The molecule has 1 aromatic carbocycles. The number of nitrogens with zero attached hydrogens (tertiary/aromatic N) is 3. The molecule has 0 saturated heterocycles. The molecule has 0 radical (unpaired) electrons. The summed E-state index contributed by atoms with van der Waals surface area (Å²) in [5.74, 6) is 6.64. The number of ether oxygens (including phenoxy) is 1. The van der Waals surface area contributed by atoms with Crippen LogP contribution in [0.4, 0.5) is 0 Å². The third-order valence-corrected chi connectivity index (χ3v) is 7.49. The lowest BCUT2D eigenvalue weighted by Crippen LogP contribution is -2.46. The van der Waals surface area contributed by atoms with Gasteiger partial charge in [0.2, 0.25) is 0 Å². The van der Waals surface area contributed by atoms with Gasteiger partial charge in [0.05, 0.1) is 11.8 Å². The zero-order valence-electron chi connectivity index (χ0n) is 20.9. The monoisotopic (exact) mass is 448 g/mol. The second kappa shape index (κ2) is 8.17. The van der Waals surface area contributed by atoms with Gasteiger partial charge in [0.25, 0.3) is 0 Å². The van der Waals surface area contributed by atoms with E-state index in [1.54, 1.807) is 6.20 Å². The SMILES string of the molecule is BC(B)(B)O[C@H]1CC[C@]2(CC1)Cc1ccc(-c3cncc(C#CC)c3)cc1C21N=C(C)C(N)=N1. The Morgan fingerprint density at radius 1 is 1.09 bits per heavy atom. The summed E-state index contributed by atoms with van der Waals surface area (Å²) < 4.78 is 6.35. The molecule has 0 bridgehead atoms. The first kappa shape index (κ1) is 23.0. The molecule has 34 heavy (non-hydrogen) atoms. The molecular formula is C26H31B3N4O. The molecule has 1 atom stereocenters. The van der Waals surface area contributed by atoms with Crippen LogP contribution < -0.4 is 5.73 Å². The largest absolute Gasteiger partial charge is 0.398 e. The van der Waals surface area contributed by atoms with Gasteiger partial charge in [-0.15, -0.1) is 5.92 Å². The normalized spacial score (nSPS) is 27.8. The zero-order chi connectivity index (χ0) is 24.1. The van der Waals surface area contributed by atoms with Crippen molar-refractivity contribution in [1.29, 1.82) is 0 Å². The topological polar surface area (TPSA) is 72.9 Å². The lowest BCUT2D eigenvalue weighted by atomic mass is 9.52. The van der Waals surface area contributed by atoms with Gasteiger partial charge in [-0.1, -0.05) is 18.1 Å². The number of rotatable bonds is 3. The van der Waals surface area contributed by atoms with Crippen LogP contribution in [0.2, 0.25) is 0 Å². The highest BCUT2D eigenvalue weighted by Crippen LogP contribution is 2.62. The summed E-state index contributed by atoms with van der Waals surface area (Å²) in [6.45, 7) is 3.82. The van der Waals surface area contributed by atoms with Gasteiger partial charge in [-0.2, -0.15) is 0 Å². The summed E-state index contributed by atoms with van der Waals surface area (Å²) in [6, 6.07) is 8.81. The third kappa shape index (κ3) is 3.80. The molecule has 1 fully saturated rings. The van der Waals surface area contributed by atoms with Crippen LogP contribution in [0.3, 0.4) is 0 Å². The molecule has 3 aliphatic rings. The molecule has 170 valence electrons. The molecule has 2 aromatic rings. The quantitative estimate of drug-likeness (QED) is 0.566. The Morgan fingerprint density at radius 2 is 1.85 bits per heavy atom. The highest BCUT2D eigenvalue weighted by molar-refractivity contribution is 6.58. The van der Waals surface area contributed by atoms with E-state index in [4.69, 9.17) is 20.5 Å². The van der Waals surface area contributed by atoms with Gasteiger partial charge in [0.15, 0.2) is 5.66 Å². The number of benzene rings is 1. The number of hydrogen-bond donors (Lipinski definition) is 1. The molecule has 5 rings (SSSR count). The summed E-state index contributed by atoms with van der Waals surface area (Å²) in [7, 11) is 6.41. The molecule has 2 spiro atoms. The van der Waals surface area contributed by atoms with Crippen LogP contribution in [0.1, 0.15) is 56.2 Å². The third-order valence-electron chi connectivity index (χ3n) is 7.49. The van der Waals surface area contributed by atoms with Gasteiger partial charge < -0.3 is 10.5 Å². The van der Waals surface area contributed by atoms with Crippen LogP contribution in [-0.2, 0) is 16.8 Å². The highest BCUT2D eigenvalue weighted by Gasteiger charge is 2.60. The minimum atomic E-state index is -0.645. The zero-order valence-corrected chi connectivity index (χ0v) is 20.9. The average molecular weight is 448 g/mol. The maximum atomic E-state index is 6.36. The Labute approximate surface area is 205 Å². The summed E-state index contributed by atoms with van der Waals surface area (Å²) in [4.78, 5) is 14.7. The van der Waals surface area contributed by atoms with Crippen LogP contribution in [0.5, 0.6) is 0 Å². The van der Waals surface area contributed by atoms with E-state index in [0.717, 1.165) is 54.5 Å². The first-order chi connectivity index (χ1) is 16.1. The number of amidine groups is 1. The Bertz CT molecular complexity index is 1240. The second-order valence-electron chi connectivity index (χ2n) is 11.0. The molecule has 2 N–H and O–H groups in total. The fraction of sp³-hybridized carbons (Fsp3) is 0.423. The molecule has 2 heterocycles. The number of nitrogens with two attached hydrogens (primary N) is 1. The summed E-state index contributed by atoms with van der Waals surface area (Å²) >= 11 is 0. The highest BCUT2D eigenvalue weighted by atomic mass is 16.5. The minimum Gasteiger partial charge on any atom is -0.398 e. The van der Waals surface area contributed by atoms with Gasteiger partial charge in [0, 0.05) is 34.5 Å². The standard InChI is InChI=1S/C26H31B3N4O/c1-3-4-17-11-20(15-31-14-17)18-5-6-19-13-24(9-7-21(8-10-24)34-26(27,28)29)25(22(19)12-18)32-16(2)23(30)33-25/h5-6,11-12,14-15,21H,7-10,13,27-29H2,1-2H3,(H2,30,33)/t21-,24-,25?. The number of hydrogen-bond acceptors (Lipinski definition) is 5. The number of aliphatic imine (C=N–C) groups is 2. The lowest BCUT2D eigenvalue weighted by Gasteiger charge is -2.45. The van der Waals surface area contributed by atoms with Crippen molar-refractivity contribution in [3.63, 3.8) is 0 Å². The Hall–Kier alpha value is -2.78. The first-order valence-corrected chi connectivity index (χ1v) is 12.3. The first-order valence-electron chi connectivity index (χ1n) is 12.3. The van der Waals surface area contributed by atoms with Crippen molar-refractivity contribution in [1.82, 2.24) is 4.98 Å². The van der Waals surface area contributed by atoms with Crippen molar-refractivity contribution in [2.24, 2.45) is 21.1 Å². The Morgan fingerprint density at radius 3 is 2.50 bits per heavy atom. The van der Waals surface area contributed by atoms with Crippen molar-refractivity contribution >= 4 is 35.1 Å². The maximum Gasteiger partial charge on any atom is 0.184 e. The smallest absolute Gasteiger partial charge is 0.184 e. The van der Waals surface area contributed by atoms with Crippen molar-refractivity contribution in [2.75, 3.05) is 0 Å². The molecule has 1 aliphatic heterocycles. The number of aromatic nitrogens is 1. The van der Waals surface area contributed by atoms with Crippen LogP contribution in [0.25, 0.3) is 11.1 Å². The van der Waals surface area contributed by atoms with Gasteiger partial charge in [-0.05, 0) is 74.5 Å². The van der Waals surface area contributed by atoms with E-state index in [0.29, 0.717) is 5.84 Å². The van der Waals surface area contributed by atoms with E-state index in [1.165, 1.54) is 11.1 Å². The fourth-order valence-corrected chi connectivity index (χ4v) is 6.04. The van der Waals surface area contributed by atoms with E-state index in [9.17, 15) is 0 Å². The molecule has 5 nitrogen and oxygen atoms in total. The predicted octanol–water partition coefficient (Wildman–Crippen LogP) is 1.12. The van der Waals surface area contributed by atoms with Crippen LogP contribution in [0, 0.1) is 17.3 Å². The molecule has 1 saturated carbocycles. The molecule has 0 amide bonds. The van der Waals surface area contributed by atoms with Gasteiger partial charge in [0.1, 0.15) is 29.4 Å². The van der Waals surface area contributed by atoms with Crippen molar-refractivity contribution in [2.45, 2.75) is 63.0 Å². The Balaban J connectivity index is 1.55. The van der Waals surface area contributed by atoms with Crippen LogP contribution in [-0.4, -0.2) is 51.5 Å². The van der Waals surface area contributed by atoms with Gasteiger partial charge in [-0.3, -0.25) is 9.98 Å². The predicted molar refractivity (Wildman–Crippen MR) is 146 cm³/mol. The summed E-state index contributed by atoms with van der Waals surface area (Å²) in [5.41, 5.74) is 12.1. The van der Waals surface area contributed by atoms with Crippen molar-refractivity contribution in [3.8, 4) is 23.0 Å². The molecule has 1 aromatic heterocycles. The molecule has 8 heteroatoms. The fourth-order valence-electron chi connectivity index (χ4n) is 6.04. The van der Waals surface area contributed by atoms with E-state index >= 15 is 0 Å². The lowest BCUT2D eigenvalue weighted by molar-refractivity contribution is -0.0271. The van der Waals surface area contributed by atoms with Crippen molar-refractivity contribution in [3.05, 3.63) is 53.3 Å². The van der Waals surface area contributed by atoms with Crippen LogP contribution in [0.15, 0.2) is 46.6 Å². The minimum absolute atomic E-state index is 0.0676. The van der Waals surface area contributed by atoms with E-state index in [2.05, 4.69) is 64.6 Å². The average Bonchev–Trinajstić information content (AvgIpc) is 3.22. The van der Waals surface area contributed by atoms with Gasteiger partial charge in [-0.25, -0.2) is 4.99 Å². The van der Waals surface area contributed by atoms with Gasteiger partial charge >= 0.3 is 0 Å². The molecule has 1 unspecified atom stereocenters. The van der Waals surface area contributed by atoms with Crippen molar-refractivity contribution < 1.29 is 4.74 Å². The maximum absolute atomic E-state index is 6.36. The Kier molecular flexibility index (Phi) is 5.52. The van der Waals surface area contributed by atoms with E-state index in [1.807, 2.05) is 20.0 Å². The second-order valence-corrected chi connectivity index (χ2v) is 11.0. The molecular weight excluding hydrogens is 417 g/mol. The van der Waals surface area contributed by atoms with E-state index < -0.39 is 5.66 Å². The summed E-state index contributed by atoms with van der Waals surface area (Å²) in [5, 5.41) is -0.129. The van der Waals surface area contributed by atoms with Crippen LogP contribution >= 0.6 is 0 Å². The number of pyridine rings is 1. The number of fused-ring (bicyclic) bond motifs is 3. The molecule has 2 aliphatic carbocycles. The summed E-state index contributed by atoms with van der Waals surface area (Å²) in [6.07, 6.45) is 9.04. The van der Waals surface area contributed by atoms with E-state index in [-0.39, 0.29) is 16.8 Å².